The predicted molar refractivity (Wildman–Crippen MR) is 54.2 cm³/mol. The number of rotatable bonds is 3. The molecule has 0 aromatic rings. The van der Waals surface area contributed by atoms with Gasteiger partial charge < -0.3 is 15.2 Å². The molecule has 0 amide bonds. The van der Waals surface area contributed by atoms with Crippen LogP contribution in [0.3, 0.4) is 0 Å². The Bertz CT molecular complexity index is 172. The van der Waals surface area contributed by atoms with E-state index >= 15 is 0 Å². The minimum absolute atomic E-state index is 0.396. The first kappa shape index (κ1) is 10.4. The van der Waals surface area contributed by atoms with Gasteiger partial charge >= 0.3 is 0 Å². The van der Waals surface area contributed by atoms with Gasteiger partial charge in [0.15, 0.2) is 0 Å². The zero-order chi connectivity index (χ0) is 9.80. The Hall–Kier alpha value is -0.160. The normalized spacial score (nSPS) is 34.9. The molecule has 2 aliphatic heterocycles. The van der Waals surface area contributed by atoms with Crippen LogP contribution in [0.25, 0.3) is 0 Å². The van der Waals surface area contributed by atoms with Gasteiger partial charge in [0.1, 0.15) is 0 Å². The molecular formula is C10H20N2O2. The molecule has 2 atom stereocenters. The minimum Gasteiger partial charge on any atom is -0.378 e. The van der Waals surface area contributed by atoms with E-state index in [4.69, 9.17) is 15.2 Å². The van der Waals surface area contributed by atoms with E-state index in [-0.39, 0.29) is 0 Å². The van der Waals surface area contributed by atoms with Gasteiger partial charge in [0, 0.05) is 32.3 Å². The lowest BCUT2D eigenvalue weighted by Gasteiger charge is -2.36. The number of ether oxygens (including phenoxy) is 2. The summed E-state index contributed by atoms with van der Waals surface area (Å²) in [5.74, 6) is 0. The van der Waals surface area contributed by atoms with Crippen LogP contribution in [0.5, 0.6) is 0 Å². The van der Waals surface area contributed by atoms with Crippen molar-refractivity contribution < 1.29 is 9.47 Å². The van der Waals surface area contributed by atoms with Gasteiger partial charge in [0.05, 0.1) is 19.3 Å². The van der Waals surface area contributed by atoms with E-state index in [1.54, 1.807) is 0 Å². The summed E-state index contributed by atoms with van der Waals surface area (Å²) in [6.45, 7) is 5.27. The van der Waals surface area contributed by atoms with E-state index in [1.807, 2.05) is 0 Å². The van der Waals surface area contributed by atoms with Crippen LogP contribution in [0, 0.1) is 0 Å². The van der Waals surface area contributed by atoms with Gasteiger partial charge in [-0.1, -0.05) is 0 Å². The van der Waals surface area contributed by atoms with Crippen LogP contribution in [0.1, 0.15) is 12.8 Å². The maximum absolute atomic E-state index is 5.71. The summed E-state index contributed by atoms with van der Waals surface area (Å²) < 4.78 is 11.0. The Labute approximate surface area is 85.3 Å². The van der Waals surface area contributed by atoms with E-state index in [9.17, 15) is 0 Å². The van der Waals surface area contributed by atoms with Crippen molar-refractivity contribution in [2.24, 2.45) is 5.73 Å². The van der Waals surface area contributed by atoms with Crippen LogP contribution in [0.2, 0.25) is 0 Å². The van der Waals surface area contributed by atoms with Gasteiger partial charge in [-0.25, -0.2) is 0 Å². The summed E-state index contributed by atoms with van der Waals surface area (Å²) in [5.41, 5.74) is 5.71. The lowest BCUT2D eigenvalue weighted by molar-refractivity contribution is -0.0274. The zero-order valence-corrected chi connectivity index (χ0v) is 8.65. The van der Waals surface area contributed by atoms with Crippen LogP contribution in [0.15, 0.2) is 0 Å². The summed E-state index contributed by atoms with van der Waals surface area (Å²) >= 11 is 0. The molecular weight excluding hydrogens is 180 g/mol. The Morgan fingerprint density at radius 2 is 2.29 bits per heavy atom. The largest absolute Gasteiger partial charge is 0.378 e. The highest BCUT2D eigenvalue weighted by Gasteiger charge is 2.26. The average Bonchev–Trinajstić information content (AvgIpc) is 2.71. The molecule has 2 N–H and O–H groups in total. The molecule has 4 heteroatoms. The van der Waals surface area contributed by atoms with Gasteiger partial charge in [-0.3, -0.25) is 4.90 Å². The molecule has 0 spiro atoms. The highest BCUT2D eigenvalue weighted by atomic mass is 16.5. The van der Waals surface area contributed by atoms with Gasteiger partial charge in [0.2, 0.25) is 0 Å². The van der Waals surface area contributed by atoms with E-state index in [2.05, 4.69) is 4.90 Å². The molecule has 4 nitrogen and oxygen atoms in total. The first-order valence-electron chi connectivity index (χ1n) is 5.53. The summed E-state index contributed by atoms with van der Waals surface area (Å²) in [6.07, 6.45) is 2.85. The van der Waals surface area contributed by atoms with Gasteiger partial charge in [-0.05, 0) is 12.8 Å². The number of morpholine rings is 1. The molecule has 2 saturated heterocycles. The number of hydrogen-bond acceptors (Lipinski definition) is 4. The number of hydrogen-bond donors (Lipinski definition) is 1. The van der Waals surface area contributed by atoms with Crippen LogP contribution in [0.4, 0.5) is 0 Å². The first-order chi connectivity index (χ1) is 6.90. The van der Waals surface area contributed by atoms with Crippen molar-refractivity contribution in [2.45, 2.75) is 25.0 Å². The molecule has 0 bridgehead atoms. The van der Waals surface area contributed by atoms with Gasteiger partial charge in [-0.2, -0.15) is 0 Å². The summed E-state index contributed by atoms with van der Waals surface area (Å²) in [4.78, 5) is 2.42. The maximum Gasteiger partial charge on any atom is 0.0703 e. The molecule has 82 valence electrons. The standard InChI is InChI=1S/C10H20N2O2/c11-6-9-8-13-5-3-12(9)7-10-2-1-4-14-10/h9-10H,1-8,11H2. The Morgan fingerprint density at radius 3 is 3.00 bits per heavy atom. The topological polar surface area (TPSA) is 47.7 Å². The van der Waals surface area contributed by atoms with Crippen molar-refractivity contribution in [2.75, 3.05) is 39.5 Å². The third-order valence-electron chi connectivity index (χ3n) is 3.08. The smallest absolute Gasteiger partial charge is 0.0703 e. The molecule has 0 radical (unpaired) electrons. The molecule has 2 fully saturated rings. The fourth-order valence-electron chi connectivity index (χ4n) is 2.20. The second kappa shape index (κ2) is 5.07. The molecule has 2 heterocycles. The molecule has 2 unspecified atom stereocenters. The van der Waals surface area contributed by atoms with Crippen molar-refractivity contribution >= 4 is 0 Å². The van der Waals surface area contributed by atoms with Crippen molar-refractivity contribution in [3.05, 3.63) is 0 Å². The monoisotopic (exact) mass is 200 g/mol. The summed E-state index contributed by atoms with van der Waals surface area (Å²) in [6, 6.07) is 0.396. The van der Waals surface area contributed by atoms with Crippen LogP contribution in [-0.2, 0) is 9.47 Å². The first-order valence-corrected chi connectivity index (χ1v) is 5.53. The Kier molecular flexibility index (Phi) is 3.75. The fraction of sp³-hybridized carbons (Fsp3) is 1.00. The highest BCUT2D eigenvalue weighted by Crippen LogP contribution is 2.15. The molecule has 2 rings (SSSR count). The van der Waals surface area contributed by atoms with E-state index in [1.165, 1.54) is 12.8 Å². The lowest BCUT2D eigenvalue weighted by atomic mass is 10.1. The van der Waals surface area contributed by atoms with E-state index in [0.717, 1.165) is 32.9 Å². The average molecular weight is 200 g/mol. The van der Waals surface area contributed by atoms with Gasteiger partial charge in [-0.15, -0.1) is 0 Å². The van der Waals surface area contributed by atoms with Crippen LogP contribution >= 0.6 is 0 Å². The van der Waals surface area contributed by atoms with Crippen LogP contribution in [-0.4, -0.2) is 56.5 Å². The third kappa shape index (κ3) is 2.45. The zero-order valence-electron chi connectivity index (χ0n) is 8.65. The van der Waals surface area contributed by atoms with Crippen molar-refractivity contribution in [1.29, 1.82) is 0 Å². The molecule has 0 aromatic heterocycles. The third-order valence-corrected chi connectivity index (χ3v) is 3.08. The fourth-order valence-corrected chi connectivity index (χ4v) is 2.20. The molecule has 0 aromatic carbocycles. The molecule has 14 heavy (non-hydrogen) atoms. The molecule has 2 aliphatic rings. The van der Waals surface area contributed by atoms with Crippen molar-refractivity contribution in [3.8, 4) is 0 Å². The second-order valence-electron chi connectivity index (χ2n) is 4.09. The second-order valence-corrected chi connectivity index (χ2v) is 4.09. The molecule has 0 aliphatic carbocycles. The minimum atomic E-state index is 0.396. The summed E-state index contributed by atoms with van der Waals surface area (Å²) in [7, 11) is 0. The Morgan fingerprint density at radius 1 is 1.36 bits per heavy atom. The van der Waals surface area contributed by atoms with Crippen molar-refractivity contribution in [1.82, 2.24) is 4.90 Å². The number of nitrogens with zero attached hydrogens (tertiary/aromatic N) is 1. The lowest BCUT2D eigenvalue weighted by Crippen LogP contribution is -2.51. The van der Waals surface area contributed by atoms with Gasteiger partial charge in [0.25, 0.3) is 0 Å². The van der Waals surface area contributed by atoms with Crippen molar-refractivity contribution in [3.63, 3.8) is 0 Å². The SMILES string of the molecule is NCC1COCCN1CC1CCCO1. The Balaban J connectivity index is 1.81. The van der Waals surface area contributed by atoms with E-state index < -0.39 is 0 Å². The van der Waals surface area contributed by atoms with Crippen LogP contribution < -0.4 is 5.73 Å². The maximum atomic E-state index is 5.71. The highest BCUT2D eigenvalue weighted by molar-refractivity contribution is 4.79. The molecule has 0 saturated carbocycles. The quantitative estimate of drug-likeness (QED) is 0.687. The van der Waals surface area contributed by atoms with E-state index in [0.29, 0.717) is 18.7 Å². The summed E-state index contributed by atoms with van der Waals surface area (Å²) in [5, 5.41) is 0. The predicted octanol–water partition coefficient (Wildman–Crippen LogP) is -0.175. The number of nitrogens with two attached hydrogens (primary N) is 1.